The predicted molar refractivity (Wildman–Crippen MR) is 92.0 cm³/mol. The lowest BCUT2D eigenvalue weighted by Crippen LogP contribution is -2.19. The summed E-state index contributed by atoms with van der Waals surface area (Å²) in [5.74, 6) is -1.85. The molecule has 1 unspecified atom stereocenters. The molecule has 0 saturated carbocycles. The third-order valence-electron chi connectivity index (χ3n) is 3.90. The zero-order valence-electron chi connectivity index (χ0n) is 12.6. The van der Waals surface area contributed by atoms with Gasteiger partial charge in [0.15, 0.2) is 0 Å². The van der Waals surface area contributed by atoms with Crippen LogP contribution in [0.1, 0.15) is 36.5 Å². The Hall–Kier alpha value is -1.55. The summed E-state index contributed by atoms with van der Waals surface area (Å²) < 4.78 is 0. The molecule has 0 bridgehead atoms. The first-order valence-electron chi connectivity index (χ1n) is 7.30. The van der Waals surface area contributed by atoms with Crippen LogP contribution >= 0.6 is 23.2 Å². The second kappa shape index (κ2) is 7.82. The third kappa shape index (κ3) is 4.71. The van der Waals surface area contributed by atoms with Gasteiger partial charge in [-0.3, -0.25) is 4.79 Å². The van der Waals surface area contributed by atoms with Gasteiger partial charge in [0, 0.05) is 16.0 Å². The maximum absolute atomic E-state index is 11.2. The van der Waals surface area contributed by atoms with Gasteiger partial charge in [-0.1, -0.05) is 54.4 Å². The molecule has 0 radical (unpaired) electrons. The van der Waals surface area contributed by atoms with E-state index in [-0.39, 0.29) is 5.92 Å². The van der Waals surface area contributed by atoms with Crippen LogP contribution in [0.2, 0.25) is 10.0 Å². The first-order valence-corrected chi connectivity index (χ1v) is 8.06. The summed E-state index contributed by atoms with van der Waals surface area (Å²) in [4.78, 5) is 11.2. The Morgan fingerprint density at radius 2 is 1.70 bits per heavy atom. The van der Waals surface area contributed by atoms with Crippen LogP contribution < -0.4 is 0 Å². The third-order valence-corrected chi connectivity index (χ3v) is 4.39. The Kier molecular flexibility index (Phi) is 6.05. The largest absolute Gasteiger partial charge is 0.481 e. The highest BCUT2D eigenvalue weighted by Gasteiger charge is 2.27. The molecule has 2 N–H and O–H groups in total. The summed E-state index contributed by atoms with van der Waals surface area (Å²) in [6.45, 7) is 1.63. The summed E-state index contributed by atoms with van der Waals surface area (Å²) in [5, 5.41) is 21.1. The number of carboxylic acid groups (broad SMARTS) is 1. The van der Waals surface area contributed by atoms with Crippen molar-refractivity contribution in [2.45, 2.75) is 25.4 Å². The molecule has 0 aromatic heterocycles. The van der Waals surface area contributed by atoms with Gasteiger partial charge in [-0.2, -0.15) is 0 Å². The van der Waals surface area contributed by atoms with E-state index in [1.54, 1.807) is 49.4 Å². The number of halogens is 2. The number of aliphatic hydroxyl groups excluding tert-OH is 1. The van der Waals surface area contributed by atoms with Crippen molar-refractivity contribution in [1.29, 1.82) is 0 Å². The van der Waals surface area contributed by atoms with E-state index in [1.165, 1.54) is 0 Å². The minimum Gasteiger partial charge on any atom is -0.481 e. The topological polar surface area (TPSA) is 57.5 Å². The van der Waals surface area contributed by atoms with Gasteiger partial charge in [0.05, 0.1) is 12.0 Å². The van der Waals surface area contributed by atoms with Crippen molar-refractivity contribution >= 4 is 29.2 Å². The average Bonchev–Trinajstić information content (AvgIpc) is 2.52. The van der Waals surface area contributed by atoms with E-state index in [0.717, 1.165) is 5.56 Å². The van der Waals surface area contributed by atoms with E-state index in [2.05, 4.69) is 0 Å². The Morgan fingerprint density at radius 1 is 1.04 bits per heavy atom. The van der Waals surface area contributed by atoms with Crippen LogP contribution in [-0.2, 0) is 4.79 Å². The van der Waals surface area contributed by atoms with E-state index in [1.807, 2.05) is 6.07 Å². The molecule has 2 aromatic rings. The Bertz CT molecular complexity index is 670. The van der Waals surface area contributed by atoms with Crippen molar-refractivity contribution in [1.82, 2.24) is 0 Å². The lowest BCUT2D eigenvalue weighted by molar-refractivity contribution is -0.141. The van der Waals surface area contributed by atoms with Crippen molar-refractivity contribution in [3.63, 3.8) is 0 Å². The minimum absolute atomic E-state index is 0.305. The van der Waals surface area contributed by atoms with E-state index in [4.69, 9.17) is 23.2 Å². The number of aliphatic hydroxyl groups is 1. The molecule has 3 nitrogen and oxygen atoms in total. The van der Waals surface area contributed by atoms with Gasteiger partial charge < -0.3 is 10.2 Å². The molecule has 0 saturated heterocycles. The summed E-state index contributed by atoms with van der Waals surface area (Å²) >= 11 is 11.9. The van der Waals surface area contributed by atoms with Gasteiger partial charge in [0.1, 0.15) is 0 Å². The molecule has 0 spiro atoms. The van der Waals surface area contributed by atoms with E-state index >= 15 is 0 Å². The van der Waals surface area contributed by atoms with Crippen molar-refractivity contribution in [3.8, 4) is 0 Å². The van der Waals surface area contributed by atoms with Gasteiger partial charge in [0.25, 0.3) is 0 Å². The number of benzene rings is 2. The van der Waals surface area contributed by atoms with E-state index in [0.29, 0.717) is 22.0 Å². The zero-order chi connectivity index (χ0) is 17.0. The molecule has 5 heteroatoms. The van der Waals surface area contributed by atoms with Crippen LogP contribution in [-0.4, -0.2) is 16.2 Å². The lowest BCUT2D eigenvalue weighted by Gasteiger charge is -2.25. The fourth-order valence-electron chi connectivity index (χ4n) is 2.56. The Morgan fingerprint density at radius 3 is 2.26 bits per heavy atom. The minimum atomic E-state index is -0.889. The molecule has 0 aliphatic carbocycles. The molecule has 0 heterocycles. The van der Waals surface area contributed by atoms with Crippen LogP contribution in [0.4, 0.5) is 0 Å². The lowest BCUT2D eigenvalue weighted by atomic mass is 9.83. The number of carbonyl (C=O) groups is 1. The molecule has 3 atom stereocenters. The van der Waals surface area contributed by atoms with Crippen molar-refractivity contribution in [3.05, 3.63) is 69.7 Å². The Balaban J connectivity index is 2.35. The number of rotatable bonds is 6. The van der Waals surface area contributed by atoms with Gasteiger partial charge in [0.2, 0.25) is 0 Å². The normalized spacial score (nSPS) is 15.0. The zero-order valence-corrected chi connectivity index (χ0v) is 14.1. The fraction of sp³-hybridized carbons (Fsp3) is 0.278. The molecule has 122 valence electrons. The summed E-state index contributed by atoms with van der Waals surface area (Å²) in [5.41, 5.74) is 1.50. The van der Waals surface area contributed by atoms with Crippen molar-refractivity contribution < 1.29 is 15.0 Å². The van der Waals surface area contributed by atoms with Crippen LogP contribution in [0.25, 0.3) is 0 Å². The maximum atomic E-state index is 11.2. The van der Waals surface area contributed by atoms with Crippen LogP contribution in [0.15, 0.2) is 48.5 Å². The first-order chi connectivity index (χ1) is 10.9. The summed E-state index contributed by atoms with van der Waals surface area (Å²) in [7, 11) is 0. The second-order valence-corrected chi connectivity index (χ2v) is 6.51. The number of aliphatic carboxylic acids is 1. The van der Waals surface area contributed by atoms with E-state index in [9.17, 15) is 15.0 Å². The van der Waals surface area contributed by atoms with Crippen LogP contribution in [0.5, 0.6) is 0 Å². The average molecular weight is 353 g/mol. The number of hydrogen-bond donors (Lipinski definition) is 2. The SMILES string of the molecule is CC(C[C@H](c1cccc(Cl)c1)[C@@H](O)c1ccc(Cl)cc1)C(=O)O. The monoisotopic (exact) mass is 352 g/mol. The molecule has 2 aromatic carbocycles. The van der Waals surface area contributed by atoms with Crippen molar-refractivity contribution in [2.24, 2.45) is 5.92 Å². The van der Waals surface area contributed by atoms with E-state index < -0.39 is 18.0 Å². The smallest absolute Gasteiger partial charge is 0.306 e. The quantitative estimate of drug-likeness (QED) is 0.775. The highest BCUT2D eigenvalue weighted by atomic mass is 35.5. The summed E-state index contributed by atoms with van der Waals surface area (Å²) in [6, 6.07) is 14.1. The molecule has 23 heavy (non-hydrogen) atoms. The Labute approximate surface area is 145 Å². The first kappa shape index (κ1) is 17.8. The molecular weight excluding hydrogens is 335 g/mol. The number of hydrogen-bond acceptors (Lipinski definition) is 2. The number of carboxylic acids is 1. The van der Waals surface area contributed by atoms with Gasteiger partial charge in [-0.25, -0.2) is 0 Å². The molecular formula is C18H18Cl2O3. The fourth-order valence-corrected chi connectivity index (χ4v) is 2.88. The highest BCUT2D eigenvalue weighted by Crippen LogP contribution is 2.37. The van der Waals surface area contributed by atoms with Gasteiger partial charge >= 0.3 is 5.97 Å². The highest BCUT2D eigenvalue weighted by molar-refractivity contribution is 6.30. The van der Waals surface area contributed by atoms with Crippen LogP contribution in [0.3, 0.4) is 0 Å². The van der Waals surface area contributed by atoms with Gasteiger partial charge in [-0.05, 0) is 41.8 Å². The summed E-state index contributed by atoms with van der Waals surface area (Å²) in [6.07, 6.45) is -0.535. The van der Waals surface area contributed by atoms with Crippen molar-refractivity contribution in [2.75, 3.05) is 0 Å². The standard InChI is InChI=1S/C18H18Cl2O3/c1-11(18(22)23)9-16(13-3-2-4-15(20)10-13)17(21)12-5-7-14(19)8-6-12/h2-8,10-11,16-17,21H,9H2,1H3,(H,22,23)/t11?,16-,17+/m1/s1. The van der Waals surface area contributed by atoms with Crippen LogP contribution in [0, 0.1) is 5.92 Å². The second-order valence-electron chi connectivity index (χ2n) is 5.63. The predicted octanol–water partition coefficient (Wildman–Crippen LogP) is 4.92. The van der Waals surface area contributed by atoms with Gasteiger partial charge in [-0.15, -0.1) is 0 Å². The molecule has 2 rings (SSSR count). The molecule has 0 aliphatic heterocycles. The molecule has 0 amide bonds. The molecule has 0 aliphatic rings. The molecule has 0 fully saturated rings. The maximum Gasteiger partial charge on any atom is 0.306 e.